The molecule has 1 aliphatic heterocycles. The number of ether oxygens (including phenoxy) is 1. The summed E-state index contributed by atoms with van der Waals surface area (Å²) in [6.07, 6.45) is 1.42. The quantitative estimate of drug-likeness (QED) is 0.636. The predicted octanol–water partition coefficient (Wildman–Crippen LogP) is 1.31. The van der Waals surface area contributed by atoms with E-state index in [0.717, 1.165) is 4.90 Å². The summed E-state index contributed by atoms with van der Waals surface area (Å²) in [4.78, 5) is 24.0. The second-order valence-electron chi connectivity index (χ2n) is 3.98. The molecule has 6 heteroatoms. The van der Waals surface area contributed by atoms with Gasteiger partial charge >= 0.3 is 6.03 Å². The fourth-order valence-corrected chi connectivity index (χ4v) is 1.71. The van der Waals surface area contributed by atoms with Crippen LogP contribution < -0.4 is 10.1 Å². The maximum absolute atomic E-state index is 11.7. The lowest BCUT2D eigenvalue weighted by atomic mass is 10.1. The van der Waals surface area contributed by atoms with Gasteiger partial charge in [-0.15, -0.1) is 0 Å². The van der Waals surface area contributed by atoms with Crippen LogP contribution in [0.4, 0.5) is 4.79 Å². The Morgan fingerprint density at radius 1 is 1.42 bits per heavy atom. The fraction of sp³-hybridized carbons (Fsp3) is 0.231. The van der Waals surface area contributed by atoms with Crippen LogP contribution in [-0.2, 0) is 4.79 Å². The first-order valence-corrected chi connectivity index (χ1v) is 5.80. The Bertz CT molecular complexity index is 566. The summed E-state index contributed by atoms with van der Waals surface area (Å²) in [5.41, 5.74) is 0.529. The summed E-state index contributed by atoms with van der Waals surface area (Å²) >= 11 is 0. The van der Waals surface area contributed by atoms with Gasteiger partial charge in [0.05, 0.1) is 6.61 Å². The Hall–Kier alpha value is -2.50. The first-order valence-electron chi connectivity index (χ1n) is 5.80. The molecule has 0 unspecified atom stereocenters. The largest absolute Gasteiger partial charge is 0.504 e. The smallest absolute Gasteiger partial charge is 0.328 e. The number of carbonyl (C=O) groups is 2. The average molecular weight is 262 g/mol. The molecule has 2 rings (SSSR count). The average Bonchev–Trinajstić information content (AvgIpc) is 2.62. The zero-order chi connectivity index (χ0) is 14.0. The van der Waals surface area contributed by atoms with Gasteiger partial charge in [-0.3, -0.25) is 9.69 Å². The van der Waals surface area contributed by atoms with Crippen LogP contribution in [0.5, 0.6) is 11.5 Å². The number of likely N-dealkylation sites (N-methyl/N-ethyl adjacent to an activating group) is 1. The molecule has 100 valence electrons. The van der Waals surface area contributed by atoms with Crippen molar-refractivity contribution in [3.63, 3.8) is 0 Å². The summed E-state index contributed by atoms with van der Waals surface area (Å²) in [6.45, 7) is 2.23. The van der Waals surface area contributed by atoms with Crippen molar-refractivity contribution >= 4 is 18.0 Å². The molecule has 19 heavy (non-hydrogen) atoms. The number of phenolic OH excluding ortho intramolecular Hbond substituents is 1. The SMILES string of the molecule is CCOc1cccc(/C=C2/NC(=O)N(C)C2=O)c1O. The molecule has 0 radical (unpaired) electrons. The fourth-order valence-electron chi connectivity index (χ4n) is 1.71. The third-order valence-electron chi connectivity index (χ3n) is 2.71. The Balaban J connectivity index is 2.36. The number of aromatic hydroxyl groups is 1. The molecular weight excluding hydrogens is 248 g/mol. The topological polar surface area (TPSA) is 78.9 Å². The number of nitrogens with zero attached hydrogens (tertiary/aromatic N) is 1. The number of para-hydroxylation sites is 1. The van der Waals surface area contributed by atoms with Gasteiger partial charge in [0, 0.05) is 12.6 Å². The van der Waals surface area contributed by atoms with Gasteiger partial charge in [-0.25, -0.2) is 4.79 Å². The Morgan fingerprint density at radius 2 is 2.16 bits per heavy atom. The molecule has 0 aromatic heterocycles. The zero-order valence-corrected chi connectivity index (χ0v) is 10.6. The number of rotatable bonds is 3. The van der Waals surface area contributed by atoms with Gasteiger partial charge in [-0.05, 0) is 19.1 Å². The van der Waals surface area contributed by atoms with Crippen LogP contribution in [-0.4, -0.2) is 35.6 Å². The molecule has 2 N–H and O–H groups in total. The molecular formula is C13H14N2O4. The predicted molar refractivity (Wildman–Crippen MR) is 68.6 cm³/mol. The number of urea groups is 1. The van der Waals surface area contributed by atoms with E-state index in [1.54, 1.807) is 25.1 Å². The van der Waals surface area contributed by atoms with Crippen molar-refractivity contribution in [1.29, 1.82) is 0 Å². The molecule has 1 aromatic carbocycles. The Morgan fingerprint density at radius 3 is 2.74 bits per heavy atom. The summed E-state index contributed by atoms with van der Waals surface area (Å²) in [6, 6.07) is 4.46. The van der Waals surface area contributed by atoms with Gasteiger partial charge < -0.3 is 15.2 Å². The molecule has 1 fully saturated rings. The molecule has 0 spiro atoms. The van der Waals surface area contributed by atoms with E-state index in [4.69, 9.17) is 4.74 Å². The van der Waals surface area contributed by atoms with Crippen molar-refractivity contribution in [2.24, 2.45) is 0 Å². The molecule has 3 amide bonds. The van der Waals surface area contributed by atoms with Crippen LogP contribution in [0.15, 0.2) is 23.9 Å². The van der Waals surface area contributed by atoms with Crippen LogP contribution in [0.3, 0.4) is 0 Å². The van der Waals surface area contributed by atoms with Gasteiger partial charge in [-0.2, -0.15) is 0 Å². The molecule has 1 aromatic rings. The summed E-state index contributed by atoms with van der Waals surface area (Å²) < 4.78 is 5.25. The van der Waals surface area contributed by atoms with E-state index in [1.165, 1.54) is 13.1 Å². The minimum atomic E-state index is -0.489. The van der Waals surface area contributed by atoms with Crippen molar-refractivity contribution < 1.29 is 19.4 Å². The Labute approximate surface area is 110 Å². The van der Waals surface area contributed by atoms with E-state index < -0.39 is 11.9 Å². The van der Waals surface area contributed by atoms with Gasteiger partial charge in [-0.1, -0.05) is 12.1 Å². The summed E-state index contributed by atoms with van der Waals surface area (Å²) in [5, 5.41) is 12.4. The van der Waals surface area contributed by atoms with Crippen LogP contribution in [0.25, 0.3) is 6.08 Å². The maximum atomic E-state index is 11.7. The number of phenols is 1. The third kappa shape index (κ3) is 2.37. The van der Waals surface area contributed by atoms with Crippen molar-refractivity contribution in [1.82, 2.24) is 10.2 Å². The van der Waals surface area contributed by atoms with Gasteiger partial charge in [0.2, 0.25) is 0 Å². The Kier molecular flexibility index (Phi) is 3.41. The monoisotopic (exact) mass is 262 g/mol. The zero-order valence-electron chi connectivity index (χ0n) is 10.6. The van der Waals surface area contributed by atoms with Crippen molar-refractivity contribution in [3.05, 3.63) is 29.5 Å². The normalized spacial score (nSPS) is 16.9. The molecule has 1 heterocycles. The van der Waals surface area contributed by atoms with Crippen molar-refractivity contribution in [3.8, 4) is 11.5 Å². The molecule has 0 atom stereocenters. The van der Waals surface area contributed by atoms with E-state index >= 15 is 0 Å². The lowest BCUT2D eigenvalue weighted by Crippen LogP contribution is -2.25. The second-order valence-corrected chi connectivity index (χ2v) is 3.98. The summed E-state index contributed by atoms with van der Waals surface area (Å²) in [7, 11) is 1.38. The number of amides is 3. The first kappa shape index (κ1) is 12.9. The molecule has 0 aliphatic carbocycles. The van der Waals surface area contributed by atoms with Crippen molar-refractivity contribution in [2.45, 2.75) is 6.92 Å². The highest BCUT2D eigenvalue weighted by molar-refractivity contribution is 6.13. The lowest BCUT2D eigenvalue weighted by molar-refractivity contribution is -0.121. The van der Waals surface area contributed by atoms with Crippen LogP contribution in [0.2, 0.25) is 0 Å². The highest BCUT2D eigenvalue weighted by Gasteiger charge is 2.30. The highest BCUT2D eigenvalue weighted by Crippen LogP contribution is 2.31. The second kappa shape index (κ2) is 5.01. The minimum absolute atomic E-state index is 0.0616. The number of benzene rings is 1. The third-order valence-corrected chi connectivity index (χ3v) is 2.71. The number of imide groups is 1. The van der Waals surface area contributed by atoms with Crippen LogP contribution >= 0.6 is 0 Å². The van der Waals surface area contributed by atoms with E-state index in [1.807, 2.05) is 0 Å². The van der Waals surface area contributed by atoms with E-state index in [0.29, 0.717) is 17.9 Å². The molecule has 0 saturated carbocycles. The van der Waals surface area contributed by atoms with Gasteiger partial charge in [0.15, 0.2) is 11.5 Å². The van der Waals surface area contributed by atoms with E-state index in [2.05, 4.69) is 5.32 Å². The molecule has 6 nitrogen and oxygen atoms in total. The van der Waals surface area contributed by atoms with Gasteiger partial charge in [0.25, 0.3) is 5.91 Å². The highest BCUT2D eigenvalue weighted by atomic mass is 16.5. The lowest BCUT2D eigenvalue weighted by Gasteiger charge is -2.07. The molecule has 1 saturated heterocycles. The molecule has 1 aliphatic rings. The maximum Gasteiger partial charge on any atom is 0.328 e. The van der Waals surface area contributed by atoms with E-state index in [9.17, 15) is 14.7 Å². The minimum Gasteiger partial charge on any atom is -0.504 e. The van der Waals surface area contributed by atoms with Crippen LogP contribution in [0.1, 0.15) is 12.5 Å². The number of nitrogens with one attached hydrogen (secondary N) is 1. The number of carbonyl (C=O) groups excluding carboxylic acids is 2. The van der Waals surface area contributed by atoms with Crippen LogP contribution in [0, 0.1) is 0 Å². The standard InChI is InChI=1S/C13H14N2O4/c1-3-19-10-6-4-5-8(11(10)16)7-9-12(17)15(2)13(18)14-9/h4-7,16H,3H2,1-2H3,(H,14,18)/b9-7+. The number of hydrogen-bond donors (Lipinski definition) is 2. The van der Waals surface area contributed by atoms with Crippen molar-refractivity contribution in [2.75, 3.05) is 13.7 Å². The first-order chi connectivity index (χ1) is 9.04. The summed E-state index contributed by atoms with van der Waals surface area (Å²) in [5.74, 6) is -0.165. The van der Waals surface area contributed by atoms with E-state index in [-0.39, 0.29) is 11.4 Å². The van der Waals surface area contributed by atoms with Gasteiger partial charge in [0.1, 0.15) is 5.70 Å². The molecule has 0 bridgehead atoms. The number of hydrogen-bond acceptors (Lipinski definition) is 4.